The lowest BCUT2D eigenvalue weighted by Gasteiger charge is -2.36. The highest BCUT2D eigenvalue weighted by atomic mass is 16.2. The van der Waals surface area contributed by atoms with E-state index in [0.717, 1.165) is 63.0 Å². The van der Waals surface area contributed by atoms with Gasteiger partial charge in [-0.15, -0.1) is 0 Å². The van der Waals surface area contributed by atoms with Crippen LogP contribution in [0.25, 0.3) is 0 Å². The van der Waals surface area contributed by atoms with Crippen LogP contribution in [0.5, 0.6) is 0 Å². The lowest BCUT2D eigenvalue weighted by atomic mass is 10.2. The third kappa shape index (κ3) is 6.17. The molecule has 0 unspecified atom stereocenters. The number of anilines is 3. The van der Waals surface area contributed by atoms with E-state index in [-0.39, 0.29) is 18.4 Å². The first-order valence-electron chi connectivity index (χ1n) is 12.2. The van der Waals surface area contributed by atoms with Crippen molar-refractivity contribution in [2.75, 3.05) is 80.6 Å². The molecule has 2 fully saturated rings. The SMILES string of the molecule is CCN1CCN(c2ccccc2NC(=O)NCCC(=O)N2CCN(c3ccccn3)CC2)CC1. The number of aromatic nitrogens is 1. The van der Waals surface area contributed by atoms with Gasteiger partial charge in [-0.3, -0.25) is 4.79 Å². The fourth-order valence-electron chi connectivity index (χ4n) is 4.49. The number of hydrogen-bond acceptors (Lipinski definition) is 6. The van der Waals surface area contributed by atoms with E-state index in [2.05, 4.69) is 37.2 Å². The molecule has 0 atom stereocenters. The number of rotatable bonds is 7. The molecule has 0 saturated carbocycles. The van der Waals surface area contributed by atoms with E-state index < -0.39 is 0 Å². The van der Waals surface area contributed by atoms with Gasteiger partial charge < -0.3 is 30.2 Å². The molecule has 0 radical (unpaired) electrons. The van der Waals surface area contributed by atoms with Crippen LogP contribution in [0.1, 0.15) is 13.3 Å². The summed E-state index contributed by atoms with van der Waals surface area (Å²) in [5, 5.41) is 5.80. The summed E-state index contributed by atoms with van der Waals surface area (Å²) in [4.78, 5) is 38.3. The highest BCUT2D eigenvalue weighted by Crippen LogP contribution is 2.26. The van der Waals surface area contributed by atoms with Crippen molar-refractivity contribution in [3.8, 4) is 0 Å². The molecular formula is C25H35N7O2. The van der Waals surface area contributed by atoms with Crippen molar-refractivity contribution < 1.29 is 9.59 Å². The number of nitrogens with zero attached hydrogens (tertiary/aromatic N) is 5. The number of para-hydroxylation sites is 2. The predicted octanol–water partition coefficient (Wildman–Crippen LogP) is 2.08. The van der Waals surface area contributed by atoms with Crippen molar-refractivity contribution in [3.05, 3.63) is 48.7 Å². The number of carbonyl (C=O) groups is 2. The topological polar surface area (TPSA) is 84.0 Å². The molecule has 0 spiro atoms. The molecule has 2 N–H and O–H groups in total. The first-order valence-corrected chi connectivity index (χ1v) is 12.2. The summed E-state index contributed by atoms with van der Waals surface area (Å²) in [6.07, 6.45) is 2.08. The number of likely N-dealkylation sites (N-methyl/N-ethyl adjacent to an activating group) is 1. The maximum absolute atomic E-state index is 12.6. The number of urea groups is 1. The van der Waals surface area contributed by atoms with Crippen molar-refractivity contribution in [3.63, 3.8) is 0 Å². The van der Waals surface area contributed by atoms with Gasteiger partial charge in [0.2, 0.25) is 5.91 Å². The van der Waals surface area contributed by atoms with Gasteiger partial charge in [-0.05, 0) is 30.8 Å². The zero-order chi connectivity index (χ0) is 23.8. The van der Waals surface area contributed by atoms with Crippen LogP contribution in [-0.4, -0.2) is 92.2 Å². The minimum absolute atomic E-state index is 0.0650. The normalized spacial score (nSPS) is 16.9. The number of hydrogen-bond donors (Lipinski definition) is 2. The van der Waals surface area contributed by atoms with Crippen molar-refractivity contribution >= 4 is 29.1 Å². The molecule has 2 aliphatic heterocycles. The average Bonchev–Trinajstić information content (AvgIpc) is 2.89. The summed E-state index contributed by atoms with van der Waals surface area (Å²) in [7, 11) is 0. The summed E-state index contributed by atoms with van der Waals surface area (Å²) in [5.41, 5.74) is 1.83. The standard InChI is InChI=1S/C25H35N7O2/c1-2-29-13-15-30(16-14-29)22-8-4-3-7-21(22)28-25(34)27-12-10-24(33)32-19-17-31(18-20-32)23-9-5-6-11-26-23/h3-9,11H,2,10,12-20H2,1H3,(H2,27,28,34). The minimum Gasteiger partial charge on any atom is -0.367 e. The maximum Gasteiger partial charge on any atom is 0.319 e. The molecule has 3 heterocycles. The van der Waals surface area contributed by atoms with Crippen LogP contribution in [0, 0.1) is 0 Å². The van der Waals surface area contributed by atoms with Crippen LogP contribution in [-0.2, 0) is 4.79 Å². The van der Waals surface area contributed by atoms with Crippen LogP contribution in [0.4, 0.5) is 22.0 Å². The van der Waals surface area contributed by atoms with Crippen LogP contribution < -0.4 is 20.4 Å². The van der Waals surface area contributed by atoms with Gasteiger partial charge in [0.05, 0.1) is 11.4 Å². The molecular weight excluding hydrogens is 430 g/mol. The summed E-state index contributed by atoms with van der Waals surface area (Å²) in [6.45, 7) is 10.3. The van der Waals surface area contributed by atoms with Crippen molar-refractivity contribution in [1.82, 2.24) is 20.1 Å². The van der Waals surface area contributed by atoms with Crippen LogP contribution >= 0.6 is 0 Å². The van der Waals surface area contributed by atoms with Crippen molar-refractivity contribution in [2.24, 2.45) is 0 Å². The van der Waals surface area contributed by atoms with Gasteiger partial charge in [-0.2, -0.15) is 0 Å². The monoisotopic (exact) mass is 465 g/mol. The Morgan fingerprint density at radius 2 is 1.59 bits per heavy atom. The Morgan fingerprint density at radius 3 is 2.29 bits per heavy atom. The number of piperazine rings is 2. The van der Waals surface area contributed by atoms with Crippen molar-refractivity contribution in [2.45, 2.75) is 13.3 Å². The minimum atomic E-state index is -0.285. The molecule has 3 amide bonds. The first-order chi connectivity index (χ1) is 16.6. The van der Waals surface area contributed by atoms with E-state index in [1.807, 2.05) is 47.4 Å². The summed E-state index contributed by atoms with van der Waals surface area (Å²) in [6, 6.07) is 13.5. The second kappa shape index (κ2) is 11.7. The largest absolute Gasteiger partial charge is 0.367 e. The van der Waals surface area contributed by atoms with E-state index in [0.29, 0.717) is 19.6 Å². The van der Waals surface area contributed by atoms with Gasteiger partial charge >= 0.3 is 6.03 Å². The Kier molecular flexibility index (Phi) is 8.19. The van der Waals surface area contributed by atoms with Gasteiger partial charge in [0.1, 0.15) is 5.82 Å². The highest BCUT2D eigenvalue weighted by molar-refractivity contribution is 5.93. The molecule has 9 nitrogen and oxygen atoms in total. The third-order valence-corrected chi connectivity index (χ3v) is 6.54. The summed E-state index contributed by atoms with van der Waals surface area (Å²) >= 11 is 0. The number of nitrogens with one attached hydrogen (secondary N) is 2. The maximum atomic E-state index is 12.6. The first kappa shape index (κ1) is 23.8. The number of benzene rings is 1. The summed E-state index contributed by atoms with van der Waals surface area (Å²) in [5.74, 6) is 1.01. The van der Waals surface area contributed by atoms with Crippen LogP contribution in [0.3, 0.4) is 0 Å². The van der Waals surface area contributed by atoms with E-state index in [4.69, 9.17) is 0 Å². The fourth-order valence-corrected chi connectivity index (χ4v) is 4.49. The Labute approximate surface area is 201 Å². The second-order valence-corrected chi connectivity index (χ2v) is 8.63. The Morgan fingerprint density at radius 1 is 0.882 bits per heavy atom. The van der Waals surface area contributed by atoms with Gasteiger partial charge in [0.15, 0.2) is 0 Å². The van der Waals surface area contributed by atoms with Crippen LogP contribution in [0.2, 0.25) is 0 Å². The molecule has 34 heavy (non-hydrogen) atoms. The Bertz CT molecular complexity index is 939. The van der Waals surface area contributed by atoms with Gasteiger partial charge in [-0.25, -0.2) is 9.78 Å². The molecule has 0 bridgehead atoms. The zero-order valence-corrected chi connectivity index (χ0v) is 19.9. The molecule has 1 aromatic heterocycles. The zero-order valence-electron chi connectivity index (χ0n) is 19.9. The Balaban J connectivity index is 1.20. The molecule has 4 rings (SSSR count). The molecule has 1 aromatic carbocycles. The summed E-state index contributed by atoms with van der Waals surface area (Å²) < 4.78 is 0. The molecule has 0 aliphatic carbocycles. The molecule has 9 heteroatoms. The number of pyridine rings is 1. The van der Waals surface area contributed by atoms with E-state index in [1.54, 1.807) is 6.20 Å². The fraction of sp³-hybridized carbons (Fsp3) is 0.480. The van der Waals surface area contributed by atoms with Crippen LogP contribution in [0.15, 0.2) is 48.7 Å². The number of amides is 3. The molecule has 2 aromatic rings. The number of carbonyl (C=O) groups excluding carboxylic acids is 2. The Hall–Kier alpha value is -3.33. The lowest BCUT2D eigenvalue weighted by molar-refractivity contribution is -0.131. The third-order valence-electron chi connectivity index (χ3n) is 6.54. The second-order valence-electron chi connectivity index (χ2n) is 8.63. The van der Waals surface area contributed by atoms with Gasteiger partial charge in [0.25, 0.3) is 0 Å². The van der Waals surface area contributed by atoms with Gasteiger partial charge in [-0.1, -0.05) is 25.1 Å². The predicted molar refractivity (Wildman–Crippen MR) is 135 cm³/mol. The van der Waals surface area contributed by atoms with E-state index in [1.165, 1.54) is 0 Å². The lowest BCUT2D eigenvalue weighted by Crippen LogP contribution is -2.49. The van der Waals surface area contributed by atoms with E-state index in [9.17, 15) is 9.59 Å². The quantitative estimate of drug-likeness (QED) is 0.652. The van der Waals surface area contributed by atoms with Gasteiger partial charge in [0, 0.05) is 71.5 Å². The molecule has 2 saturated heterocycles. The van der Waals surface area contributed by atoms with E-state index >= 15 is 0 Å². The molecule has 2 aliphatic rings. The smallest absolute Gasteiger partial charge is 0.319 e. The van der Waals surface area contributed by atoms with Crippen molar-refractivity contribution in [1.29, 1.82) is 0 Å². The molecule has 182 valence electrons. The average molecular weight is 466 g/mol. The highest BCUT2D eigenvalue weighted by Gasteiger charge is 2.22.